The minimum Gasteiger partial charge on any atom is -0.497 e. The number of rotatable bonds is 3. The number of fused-ring (bicyclic) bond motifs is 1. The van der Waals surface area contributed by atoms with Crippen molar-refractivity contribution in [2.45, 2.75) is 13.8 Å². The quantitative estimate of drug-likeness (QED) is 0.747. The standard InChI is InChI=1S/C19H17NO4/c1-11-4-5-13(8-12(11)2)20-19(22)16-10-18(21)24-17-9-14(23-3)6-7-15(16)17/h4-10H,1-3H3,(H,20,22). The van der Waals surface area contributed by atoms with Gasteiger partial charge in [-0.1, -0.05) is 6.07 Å². The molecule has 5 nitrogen and oxygen atoms in total. The average Bonchev–Trinajstić information content (AvgIpc) is 2.56. The Morgan fingerprint density at radius 1 is 1.04 bits per heavy atom. The van der Waals surface area contributed by atoms with Crippen molar-refractivity contribution in [3.63, 3.8) is 0 Å². The van der Waals surface area contributed by atoms with Crippen LogP contribution >= 0.6 is 0 Å². The SMILES string of the molecule is COc1ccc2c(C(=O)Nc3ccc(C)c(C)c3)cc(=O)oc2c1. The summed E-state index contributed by atoms with van der Waals surface area (Å²) in [4.78, 5) is 24.4. The number of hydrogen-bond acceptors (Lipinski definition) is 4. The summed E-state index contributed by atoms with van der Waals surface area (Å²) in [5, 5.41) is 3.38. The van der Waals surface area contributed by atoms with Crippen molar-refractivity contribution in [2.24, 2.45) is 0 Å². The van der Waals surface area contributed by atoms with Gasteiger partial charge in [0.2, 0.25) is 0 Å². The highest BCUT2D eigenvalue weighted by molar-refractivity contribution is 6.12. The highest BCUT2D eigenvalue weighted by Gasteiger charge is 2.14. The van der Waals surface area contributed by atoms with E-state index in [1.54, 1.807) is 18.2 Å². The Morgan fingerprint density at radius 2 is 1.83 bits per heavy atom. The van der Waals surface area contributed by atoms with Gasteiger partial charge < -0.3 is 14.5 Å². The lowest BCUT2D eigenvalue weighted by Gasteiger charge is -2.09. The second kappa shape index (κ2) is 6.20. The van der Waals surface area contributed by atoms with Gasteiger partial charge in [0.1, 0.15) is 11.3 Å². The van der Waals surface area contributed by atoms with Crippen LogP contribution in [-0.2, 0) is 0 Å². The van der Waals surface area contributed by atoms with E-state index in [2.05, 4.69) is 5.32 Å². The molecule has 0 saturated carbocycles. The van der Waals surface area contributed by atoms with E-state index in [0.717, 1.165) is 11.1 Å². The fourth-order valence-electron chi connectivity index (χ4n) is 2.48. The highest BCUT2D eigenvalue weighted by Crippen LogP contribution is 2.23. The van der Waals surface area contributed by atoms with Gasteiger partial charge in [-0.05, 0) is 49.2 Å². The molecule has 0 fully saturated rings. The molecule has 1 amide bonds. The van der Waals surface area contributed by atoms with Gasteiger partial charge in [-0.15, -0.1) is 0 Å². The Hall–Kier alpha value is -3.08. The largest absolute Gasteiger partial charge is 0.497 e. The van der Waals surface area contributed by atoms with Crippen molar-refractivity contribution in [1.29, 1.82) is 0 Å². The number of hydrogen-bond donors (Lipinski definition) is 1. The van der Waals surface area contributed by atoms with Crippen LogP contribution in [0, 0.1) is 13.8 Å². The molecule has 5 heteroatoms. The van der Waals surface area contributed by atoms with E-state index in [4.69, 9.17) is 9.15 Å². The number of aryl methyl sites for hydroxylation is 2. The number of benzene rings is 2. The lowest BCUT2D eigenvalue weighted by Crippen LogP contribution is -2.15. The predicted molar refractivity (Wildman–Crippen MR) is 92.9 cm³/mol. The van der Waals surface area contributed by atoms with Crippen LogP contribution in [-0.4, -0.2) is 13.0 Å². The van der Waals surface area contributed by atoms with Crippen LogP contribution in [0.3, 0.4) is 0 Å². The first-order valence-electron chi connectivity index (χ1n) is 7.48. The number of carbonyl (C=O) groups is 1. The summed E-state index contributed by atoms with van der Waals surface area (Å²) < 4.78 is 10.3. The number of methoxy groups -OCH3 is 1. The van der Waals surface area contributed by atoms with E-state index in [1.165, 1.54) is 13.2 Å². The molecule has 122 valence electrons. The monoisotopic (exact) mass is 323 g/mol. The van der Waals surface area contributed by atoms with Gasteiger partial charge in [-0.25, -0.2) is 4.79 Å². The molecular weight excluding hydrogens is 306 g/mol. The molecule has 1 aromatic heterocycles. The van der Waals surface area contributed by atoms with Crippen LogP contribution < -0.4 is 15.7 Å². The van der Waals surface area contributed by atoms with Crippen LogP contribution in [0.2, 0.25) is 0 Å². The fourth-order valence-corrected chi connectivity index (χ4v) is 2.48. The summed E-state index contributed by atoms with van der Waals surface area (Å²) >= 11 is 0. The maximum absolute atomic E-state index is 12.6. The number of carbonyl (C=O) groups excluding carboxylic acids is 1. The molecule has 0 bridgehead atoms. The van der Waals surface area contributed by atoms with Crippen molar-refractivity contribution in [3.05, 3.63) is 69.6 Å². The number of nitrogens with one attached hydrogen (secondary N) is 1. The molecule has 0 aliphatic rings. The van der Waals surface area contributed by atoms with Crippen LogP contribution in [0.15, 0.2) is 51.7 Å². The Bertz CT molecular complexity index is 988. The first-order chi connectivity index (χ1) is 11.5. The van der Waals surface area contributed by atoms with Crippen molar-refractivity contribution in [2.75, 3.05) is 12.4 Å². The summed E-state index contributed by atoms with van der Waals surface area (Å²) in [6.45, 7) is 3.98. The minimum absolute atomic E-state index is 0.266. The molecule has 3 aromatic rings. The molecule has 0 radical (unpaired) electrons. The van der Waals surface area contributed by atoms with Crippen molar-refractivity contribution < 1.29 is 13.9 Å². The minimum atomic E-state index is -0.582. The van der Waals surface area contributed by atoms with Crippen molar-refractivity contribution in [1.82, 2.24) is 0 Å². The van der Waals surface area contributed by atoms with E-state index in [1.807, 2.05) is 32.0 Å². The molecule has 0 aliphatic carbocycles. The summed E-state index contributed by atoms with van der Waals surface area (Å²) in [6.07, 6.45) is 0. The molecule has 0 aliphatic heterocycles. The van der Waals surface area contributed by atoms with Gasteiger partial charge in [0.15, 0.2) is 0 Å². The number of ether oxygens (including phenoxy) is 1. The summed E-state index contributed by atoms with van der Waals surface area (Å²) in [5.41, 5.74) is 2.90. The van der Waals surface area contributed by atoms with Gasteiger partial charge in [0.05, 0.1) is 12.7 Å². The van der Waals surface area contributed by atoms with Crippen LogP contribution in [0.1, 0.15) is 21.5 Å². The average molecular weight is 323 g/mol. The zero-order valence-electron chi connectivity index (χ0n) is 13.7. The summed E-state index contributed by atoms with van der Waals surface area (Å²) in [7, 11) is 1.52. The molecule has 0 saturated heterocycles. The zero-order valence-corrected chi connectivity index (χ0v) is 13.7. The smallest absolute Gasteiger partial charge is 0.337 e. The second-order valence-electron chi connectivity index (χ2n) is 5.59. The first-order valence-corrected chi connectivity index (χ1v) is 7.48. The molecule has 1 heterocycles. The van der Waals surface area contributed by atoms with E-state index < -0.39 is 5.63 Å². The van der Waals surface area contributed by atoms with E-state index in [9.17, 15) is 9.59 Å². The first kappa shape index (κ1) is 15.8. The van der Waals surface area contributed by atoms with Crippen molar-refractivity contribution >= 4 is 22.6 Å². The molecule has 24 heavy (non-hydrogen) atoms. The molecule has 1 N–H and O–H groups in total. The van der Waals surface area contributed by atoms with Crippen LogP contribution in [0.5, 0.6) is 5.75 Å². The highest BCUT2D eigenvalue weighted by atomic mass is 16.5. The lowest BCUT2D eigenvalue weighted by molar-refractivity contribution is 0.102. The second-order valence-corrected chi connectivity index (χ2v) is 5.59. The lowest BCUT2D eigenvalue weighted by atomic mass is 10.1. The topological polar surface area (TPSA) is 68.5 Å². The number of anilines is 1. The molecule has 3 rings (SSSR count). The van der Waals surface area contributed by atoms with Gasteiger partial charge in [-0.2, -0.15) is 0 Å². The Balaban J connectivity index is 2.02. The molecule has 0 atom stereocenters. The molecule has 0 spiro atoms. The van der Waals surface area contributed by atoms with Crippen molar-refractivity contribution in [3.8, 4) is 5.75 Å². The molecular formula is C19H17NO4. The van der Waals surface area contributed by atoms with Crippen LogP contribution in [0.4, 0.5) is 5.69 Å². The summed E-state index contributed by atoms with van der Waals surface area (Å²) in [5.74, 6) is 0.193. The Morgan fingerprint density at radius 3 is 2.54 bits per heavy atom. The van der Waals surface area contributed by atoms with Gasteiger partial charge >= 0.3 is 5.63 Å². The third kappa shape index (κ3) is 3.01. The third-order valence-corrected chi connectivity index (χ3v) is 3.96. The van der Waals surface area contributed by atoms with Gasteiger partial charge in [0.25, 0.3) is 5.91 Å². The molecule has 0 unspecified atom stereocenters. The number of amides is 1. The summed E-state index contributed by atoms with van der Waals surface area (Å²) in [6, 6.07) is 11.9. The van der Waals surface area contributed by atoms with Gasteiger partial charge in [-0.3, -0.25) is 4.79 Å². The predicted octanol–water partition coefficient (Wildman–Crippen LogP) is 3.67. The maximum atomic E-state index is 12.6. The van der Waals surface area contributed by atoms with E-state index in [0.29, 0.717) is 22.4 Å². The van der Waals surface area contributed by atoms with Gasteiger partial charge in [0, 0.05) is 23.2 Å². The Labute approximate surface area is 138 Å². The zero-order chi connectivity index (χ0) is 17.3. The van der Waals surface area contributed by atoms with Crippen LogP contribution in [0.25, 0.3) is 11.0 Å². The third-order valence-electron chi connectivity index (χ3n) is 3.96. The normalized spacial score (nSPS) is 10.6. The van der Waals surface area contributed by atoms with E-state index >= 15 is 0 Å². The fraction of sp³-hybridized carbons (Fsp3) is 0.158. The molecule has 2 aromatic carbocycles. The Kier molecular flexibility index (Phi) is 4.08. The van der Waals surface area contributed by atoms with E-state index in [-0.39, 0.29) is 11.5 Å². The maximum Gasteiger partial charge on any atom is 0.337 e.